The number of fused-ring (bicyclic) bond motifs is 9. The molecule has 7 aromatic carbocycles. The fourth-order valence-electron chi connectivity index (χ4n) is 8.36. The summed E-state index contributed by atoms with van der Waals surface area (Å²) in [5, 5.41) is 16.7. The molecule has 4 aromatic heterocycles. The van der Waals surface area contributed by atoms with E-state index in [-0.39, 0.29) is 0 Å². The monoisotopic (exact) mass is 675 g/mol. The Balaban J connectivity index is 1.11. The van der Waals surface area contributed by atoms with Gasteiger partial charge in [-0.25, -0.2) is 4.98 Å². The summed E-state index contributed by atoms with van der Waals surface area (Å²) >= 11 is 0. The number of benzene rings is 7. The van der Waals surface area contributed by atoms with Crippen molar-refractivity contribution in [3.05, 3.63) is 182 Å². The Kier molecular flexibility index (Phi) is 6.25. The first-order chi connectivity index (χ1) is 26.2. The van der Waals surface area contributed by atoms with Crippen LogP contribution in [0.5, 0.6) is 0 Å². The molecule has 11 rings (SSSR count). The number of aromatic nitrogens is 4. The van der Waals surface area contributed by atoms with E-state index in [0.717, 1.165) is 55.6 Å². The van der Waals surface area contributed by atoms with Gasteiger partial charge in [0.15, 0.2) is 0 Å². The largest absolute Gasteiger partial charge is 0.309 e. The number of rotatable bonds is 4. The second-order valence-corrected chi connectivity index (χ2v) is 13.6. The molecule has 5 heteroatoms. The molecule has 0 aliphatic rings. The maximum atomic E-state index is 9.81. The standard InChI is InChI=1S/C48H29N5/c49-29-31-19-22-44-38(25-31)41-28-48(50-30-47(41)52(44)35-13-5-2-6-14-35)53-43-18-10-8-16-37(43)40-27-33(21-24-46(40)53)32-20-23-45-39(26-32)36-15-7-9-17-42(36)51(45)34-11-3-1-4-12-34/h1-28,30H. The molecule has 0 N–H and O–H groups in total. The first-order valence-electron chi connectivity index (χ1n) is 17.8. The van der Waals surface area contributed by atoms with Crippen molar-refractivity contribution >= 4 is 65.4 Å². The predicted octanol–water partition coefficient (Wildman–Crippen LogP) is 11.9. The lowest BCUT2D eigenvalue weighted by Gasteiger charge is -2.10. The highest BCUT2D eigenvalue weighted by atomic mass is 15.1. The van der Waals surface area contributed by atoms with E-state index in [1.54, 1.807) is 0 Å². The van der Waals surface area contributed by atoms with Crippen LogP contribution in [0.4, 0.5) is 0 Å². The molecule has 5 nitrogen and oxygen atoms in total. The topological polar surface area (TPSA) is 51.5 Å². The van der Waals surface area contributed by atoms with E-state index in [9.17, 15) is 5.26 Å². The Morgan fingerprint density at radius 2 is 0.830 bits per heavy atom. The van der Waals surface area contributed by atoms with Gasteiger partial charge >= 0.3 is 0 Å². The van der Waals surface area contributed by atoms with Crippen molar-refractivity contribution in [1.29, 1.82) is 5.26 Å². The predicted molar refractivity (Wildman–Crippen MR) is 217 cm³/mol. The zero-order valence-corrected chi connectivity index (χ0v) is 28.5. The molecule has 0 aliphatic carbocycles. The van der Waals surface area contributed by atoms with Crippen LogP contribution in [0.1, 0.15) is 5.56 Å². The molecule has 0 fully saturated rings. The summed E-state index contributed by atoms with van der Waals surface area (Å²) in [6.45, 7) is 0. The summed E-state index contributed by atoms with van der Waals surface area (Å²) in [6.07, 6.45) is 1.97. The molecule has 0 amide bonds. The van der Waals surface area contributed by atoms with Gasteiger partial charge in [0.05, 0.1) is 50.9 Å². The first-order valence-corrected chi connectivity index (χ1v) is 17.8. The molecule has 0 atom stereocenters. The van der Waals surface area contributed by atoms with Gasteiger partial charge in [0.2, 0.25) is 0 Å². The minimum absolute atomic E-state index is 0.634. The number of nitrogens with zero attached hydrogens (tertiary/aromatic N) is 5. The minimum Gasteiger partial charge on any atom is -0.309 e. The molecule has 11 aromatic rings. The molecule has 0 bridgehead atoms. The molecular weight excluding hydrogens is 647 g/mol. The Morgan fingerprint density at radius 3 is 1.43 bits per heavy atom. The highest BCUT2D eigenvalue weighted by Gasteiger charge is 2.19. The molecule has 53 heavy (non-hydrogen) atoms. The van der Waals surface area contributed by atoms with Gasteiger partial charge in [-0.15, -0.1) is 0 Å². The molecule has 0 saturated carbocycles. The number of nitriles is 1. The van der Waals surface area contributed by atoms with Gasteiger partial charge in [-0.3, -0.25) is 4.57 Å². The van der Waals surface area contributed by atoms with Crippen molar-refractivity contribution in [2.45, 2.75) is 0 Å². The third kappa shape index (κ3) is 4.33. The smallest absolute Gasteiger partial charge is 0.138 e. The van der Waals surface area contributed by atoms with E-state index >= 15 is 0 Å². The number of hydrogen-bond acceptors (Lipinski definition) is 2. The Bertz CT molecular complexity index is 3280. The normalized spacial score (nSPS) is 11.8. The zero-order chi connectivity index (χ0) is 35.0. The minimum atomic E-state index is 0.634. The van der Waals surface area contributed by atoms with Crippen molar-refractivity contribution in [2.75, 3.05) is 0 Å². The Labute approximate surface area is 304 Å². The van der Waals surface area contributed by atoms with E-state index in [0.29, 0.717) is 5.56 Å². The maximum Gasteiger partial charge on any atom is 0.138 e. The molecule has 0 aliphatic heterocycles. The number of para-hydroxylation sites is 4. The molecule has 0 spiro atoms. The lowest BCUT2D eigenvalue weighted by atomic mass is 10.0. The second kappa shape index (κ2) is 11.3. The number of pyridine rings is 1. The van der Waals surface area contributed by atoms with Gasteiger partial charge < -0.3 is 9.13 Å². The third-order valence-corrected chi connectivity index (χ3v) is 10.7. The van der Waals surface area contributed by atoms with Gasteiger partial charge in [-0.2, -0.15) is 5.26 Å². The maximum absolute atomic E-state index is 9.81. The van der Waals surface area contributed by atoms with Crippen LogP contribution in [0, 0.1) is 11.3 Å². The van der Waals surface area contributed by atoms with E-state index < -0.39 is 0 Å². The zero-order valence-electron chi connectivity index (χ0n) is 28.5. The van der Waals surface area contributed by atoms with Gasteiger partial charge in [0.1, 0.15) is 5.82 Å². The Hall–Kier alpha value is -7.42. The average molecular weight is 676 g/mol. The van der Waals surface area contributed by atoms with Crippen LogP contribution in [-0.4, -0.2) is 18.7 Å². The van der Waals surface area contributed by atoms with Gasteiger partial charge in [0, 0.05) is 43.7 Å². The molecule has 0 saturated heterocycles. The summed E-state index contributed by atoms with van der Waals surface area (Å²) in [5.41, 5.74) is 11.8. The van der Waals surface area contributed by atoms with Crippen LogP contribution in [0.15, 0.2) is 176 Å². The lowest BCUT2D eigenvalue weighted by molar-refractivity contribution is 1.08. The van der Waals surface area contributed by atoms with Crippen molar-refractivity contribution in [3.63, 3.8) is 0 Å². The SMILES string of the molecule is N#Cc1ccc2c(c1)c1cc(-n3c4ccccc4c4cc(-c5ccc6c(c5)c5ccccc5n6-c5ccccc5)ccc43)ncc1n2-c1ccccc1. The highest BCUT2D eigenvalue weighted by Crippen LogP contribution is 2.39. The molecule has 0 radical (unpaired) electrons. The molecule has 0 unspecified atom stereocenters. The lowest BCUT2D eigenvalue weighted by Crippen LogP contribution is -1.98. The van der Waals surface area contributed by atoms with E-state index in [4.69, 9.17) is 4.98 Å². The summed E-state index contributed by atoms with van der Waals surface area (Å²) in [5.74, 6) is 0.834. The van der Waals surface area contributed by atoms with Crippen LogP contribution < -0.4 is 0 Å². The van der Waals surface area contributed by atoms with Crippen molar-refractivity contribution in [3.8, 4) is 34.4 Å². The first kappa shape index (κ1) is 29.3. The van der Waals surface area contributed by atoms with Crippen LogP contribution >= 0.6 is 0 Å². The van der Waals surface area contributed by atoms with Crippen LogP contribution in [0.3, 0.4) is 0 Å². The summed E-state index contributed by atoms with van der Waals surface area (Å²) in [7, 11) is 0. The molecule has 246 valence electrons. The van der Waals surface area contributed by atoms with Crippen molar-refractivity contribution < 1.29 is 0 Å². The summed E-state index contributed by atoms with van der Waals surface area (Å²) < 4.78 is 6.85. The van der Waals surface area contributed by atoms with Crippen LogP contribution in [0.2, 0.25) is 0 Å². The third-order valence-electron chi connectivity index (χ3n) is 10.7. The fourth-order valence-corrected chi connectivity index (χ4v) is 8.36. The quantitative estimate of drug-likeness (QED) is 0.186. The van der Waals surface area contributed by atoms with Gasteiger partial charge in [-0.1, -0.05) is 84.9 Å². The van der Waals surface area contributed by atoms with Crippen molar-refractivity contribution in [1.82, 2.24) is 18.7 Å². The highest BCUT2D eigenvalue weighted by molar-refractivity contribution is 6.14. The number of hydrogen-bond donors (Lipinski definition) is 0. The van der Waals surface area contributed by atoms with Crippen LogP contribution in [0.25, 0.3) is 93.7 Å². The summed E-state index contributed by atoms with van der Waals surface area (Å²) in [4.78, 5) is 5.12. The second-order valence-electron chi connectivity index (χ2n) is 13.6. The average Bonchev–Trinajstić information content (AvgIpc) is 3.86. The van der Waals surface area contributed by atoms with E-state index in [1.165, 1.54) is 38.1 Å². The Morgan fingerprint density at radius 1 is 0.377 bits per heavy atom. The van der Waals surface area contributed by atoms with Crippen molar-refractivity contribution in [2.24, 2.45) is 0 Å². The molecule has 4 heterocycles. The molecular formula is C48H29N5. The summed E-state index contributed by atoms with van der Waals surface area (Å²) in [6, 6.07) is 62.2. The van der Waals surface area contributed by atoms with Gasteiger partial charge in [0.25, 0.3) is 0 Å². The van der Waals surface area contributed by atoms with Gasteiger partial charge in [-0.05, 0) is 96.1 Å². The van der Waals surface area contributed by atoms with E-state index in [2.05, 4.69) is 153 Å². The van der Waals surface area contributed by atoms with E-state index in [1.807, 2.05) is 42.6 Å². The van der Waals surface area contributed by atoms with Crippen LogP contribution in [-0.2, 0) is 0 Å². The fraction of sp³-hybridized carbons (Fsp3) is 0.